The number of rotatable bonds is 3. The summed E-state index contributed by atoms with van der Waals surface area (Å²) in [6.45, 7) is 12.1. The van der Waals surface area contributed by atoms with Crippen LogP contribution in [-0.4, -0.2) is 46.2 Å². The lowest BCUT2D eigenvalue weighted by Gasteiger charge is -2.43. The Balaban J connectivity index is 1.73. The van der Waals surface area contributed by atoms with Gasteiger partial charge in [-0.25, -0.2) is 4.79 Å². The first-order valence-electron chi connectivity index (χ1n) is 9.05. The lowest BCUT2D eigenvalue weighted by molar-refractivity contribution is -0.0124. The van der Waals surface area contributed by atoms with Gasteiger partial charge in [0.25, 0.3) is 0 Å². The highest BCUT2D eigenvalue weighted by Crippen LogP contribution is 2.42. The Kier molecular flexibility index (Phi) is 4.60. The van der Waals surface area contributed by atoms with E-state index in [0.717, 1.165) is 19.5 Å². The molecule has 0 bridgehead atoms. The van der Waals surface area contributed by atoms with Gasteiger partial charge in [-0.2, -0.15) is 0 Å². The lowest BCUT2D eigenvalue weighted by Crippen LogP contribution is -2.57. The number of carbonyl (C=O) groups is 1. The summed E-state index contributed by atoms with van der Waals surface area (Å²) in [4.78, 5) is 17.3. The van der Waals surface area contributed by atoms with E-state index in [4.69, 9.17) is 4.74 Å². The molecular weight excluding hydrogens is 300 g/mol. The molecule has 1 aromatic carbocycles. The molecule has 1 aromatic rings. The minimum absolute atomic E-state index is 0.145. The van der Waals surface area contributed by atoms with E-state index in [1.807, 2.05) is 25.7 Å². The minimum atomic E-state index is -0.440. The van der Waals surface area contributed by atoms with Crippen molar-refractivity contribution in [2.24, 2.45) is 5.92 Å². The first kappa shape index (κ1) is 17.3. The van der Waals surface area contributed by atoms with Crippen LogP contribution in [0, 0.1) is 5.92 Å². The SMILES string of the molecule is CC(C)[C@H]1CN(Cc2ccccc2)[C@@H]2C[C@@H]2N1C(=O)OC(C)(C)C. The van der Waals surface area contributed by atoms with E-state index in [1.54, 1.807) is 0 Å². The summed E-state index contributed by atoms with van der Waals surface area (Å²) in [6.07, 6.45) is 0.919. The van der Waals surface area contributed by atoms with Gasteiger partial charge >= 0.3 is 6.09 Å². The summed E-state index contributed by atoms with van der Waals surface area (Å²) < 4.78 is 5.68. The average molecular weight is 330 g/mol. The van der Waals surface area contributed by atoms with Gasteiger partial charge in [-0.05, 0) is 38.7 Å². The number of nitrogens with zero attached hydrogens (tertiary/aromatic N) is 2. The molecule has 0 N–H and O–H groups in total. The monoisotopic (exact) mass is 330 g/mol. The summed E-state index contributed by atoms with van der Waals surface area (Å²) in [7, 11) is 0. The maximum atomic E-state index is 12.7. The maximum Gasteiger partial charge on any atom is 0.410 e. The van der Waals surface area contributed by atoms with Crippen LogP contribution in [0.4, 0.5) is 4.79 Å². The third-order valence-corrected chi connectivity index (χ3v) is 4.93. The average Bonchev–Trinajstić information content (AvgIpc) is 3.26. The number of ether oxygens (including phenoxy) is 1. The van der Waals surface area contributed by atoms with Gasteiger partial charge in [0.05, 0.1) is 12.1 Å². The zero-order valence-electron chi connectivity index (χ0n) is 15.5. The van der Waals surface area contributed by atoms with Crippen LogP contribution < -0.4 is 0 Å². The smallest absolute Gasteiger partial charge is 0.410 e. The van der Waals surface area contributed by atoms with Gasteiger partial charge in [0, 0.05) is 19.1 Å². The van der Waals surface area contributed by atoms with E-state index in [1.165, 1.54) is 5.56 Å². The van der Waals surface area contributed by atoms with Crippen molar-refractivity contribution in [3.63, 3.8) is 0 Å². The van der Waals surface area contributed by atoms with E-state index >= 15 is 0 Å². The second-order valence-corrected chi connectivity index (χ2v) is 8.48. The summed E-state index contributed by atoms with van der Waals surface area (Å²) in [6, 6.07) is 11.6. The van der Waals surface area contributed by atoms with Gasteiger partial charge in [-0.1, -0.05) is 44.2 Å². The maximum absolute atomic E-state index is 12.7. The van der Waals surface area contributed by atoms with Crippen molar-refractivity contribution in [2.75, 3.05) is 6.54 Å². The quantitative estimate of drug-likeness (QED) is 0.842. The topological polar surface area (TPSA) is 32.8 Å². The number of hydrogen-bond acceptors (Lipinski definition) is 3. The molecule has 0 aromatic heterocycles. The molecule has 4 heteroatoms. The Morgan fingerprint density at radius 1 is 1.21 bits per heavy atom. The molecule has 0 spiro atoms. The van der Waals surface area contributed by atoms with Gasteiger partial charge in [-0.3, -0.25) is 9.80 Å². The molecule has 0 unspecified atom stereocenters. The highest BCUT2D eigenvalue weighted by Gasteiger charge is 2.55. The Labute approximate surface area is 145 Å². The van der Waals surface area contributed by atoms with Crippen molar-refractivity contribution in [1.82, 2.24) is 9.80 Å². The molecule has 1 aliphatic carbocycles. The summed E-state index contributed by atoms with van der Waals surface area (Å²) in [5.74, 6) is 0.414. The van der Waals surface area contributed by atoms with Crippen LogP contribution in [0.2, 0.25) is 0 Å². The summed E-state index contributed by atoms with van der Waals surface area (Å²) in [5.41, 5.74) is 0.904. The van der Waals surface area contributed by atoms with Crippen molar-refractivity contribution in [3.8, 4) is 0 Å². The molecule has 2 fully saturated rings. The molecule has 2 aliphatic rings. The number of piperazine rings is 1. The highest BCUT2D eigenvalue weighted by molar-refractivity contribution is 5.70. The van der Waals surface area contributed by atoms with E-state index in [-0.39, 0.29) is 12.1 Å². The molecule has 4 nitrogen and oxygen atoms in total. The molecule has 24 heavy (non-hydrogen) atoms. The zero-order chi connectivity index (χ0) is 17.5. The Morgan fingerprint density at radius 2 is 1.88 bits per heavy atom. The first-order valence-corrected chi connectivity index (χ1v) is 9.05. The molecule has 3 rings (SSSR count). The molecule has 0 radical (unpaired) electrons. The fraction of sp³-hybridized carbons (Fsp3) is 0.650. The van der Waals surface area contributed by atoms with Crippen LogP contribution in [0.25, 0.3) is 0 Å². The van der Waals surface area contributed by atoms with Crippen LogP contribution >= 0.6 is 0 Å². The van der Waals surface area contributed by atoms with Crippen LogP contribution in [0.5, 0.6) is 0 Å². The largest absolute Gasteiger partial charge is 0.444 e. The van der Waals surface area contributed by atoms with E-state index in [9.17, 15) is 4.79 Å². The van der Waals surface area contributed by atoms with Crippen molar-refractivity contribution in [3.05, 3.63) is 35.9 Å². The second kappa shape index (κ2) is 6.40. The Morgan fingerprint density at radius 3 is 2.46 bits per heavy atom. The van der Waals surface area contributed by atoms with Gasteiger partial charge in [0.2, 0.25) is 0 Å². The van der Waals surface area contributed by atoms with Gasteiger partial charge in [0.1, 0.15) is 5.60 Å². The van der Waals surface area contributed by atoms with Crippen LogP contribution in [0.15, 0.2) is 30.3 Å². The Hall–Kier alpha value is -1.55. The van der Waals surface area contributed by atoms with Crippen LogP contribution in [0.1, 0.15) is 46.6 Å². The third kappa shape index (κ3) is 3.75. The number of fused-ring (bicyclic) bond motifs is 1. The van der Waals surface area contributed by atoms with Crippen molar-refractivity contribution in [1.29, 1.82) is 0 Å². The summed E-state index contributed by atoms with van der Waals surface area (Å²) >= 11 is 0. The third-order valence-electron chi connectivity index (χ3n) is 4.93. The molecule has 1 aliphatic heterocycles. The van der Waals surface area contributed by atoms with Crippen molar-refractivity contribution < 1.29 is 9.53 Å². The number of benzene rings is 1. The van der Waals surface area contributed by atoms with E-state index in [0.29, 0.717) is 18.0 Å². The molecule has 132 valence electrons. The zero-order valence-corrected chi connectivity index (χ0v) is 15.5. The molecule has 1 saturated heterocycles. The van der Waals surface area contributed by atoms with E-state index < -0.39 is 5.60 Å². The van der Waals surface area contributed by atoms with E-state index in [2.05, 4.69) is 49.1 Å². The predicted molar refractivity (Wildman–Crippen MR) is 95.7 cm³/mol. The molecule has 3 atom stereocenters. The number of hydrogen-bond donors (Lipinski definition) is 0. The van der Waals surface area contributed by atoms with Crippen molar-refractivity contribution >= 4 is 6.09 Å². The van der Waals surface area contributed by atoms with Gasteiger partial charge < -0.3 is 4.74 Å². The normalized spacial score (nSPS) is 27.1. The molecule has 1 heterocycles. The molecule has 1 saturated carbocycles. The van der Waals surface area contributed by atoms with Crippen LogP contribution in [0.3, 0.4) is 0 Å². The first-order chi connectivity index (χ1) is 11.3. The fourth-order valence-electron chi connectivity index (χ4n) is 3.69. The minimum Gasteiger partial charge on any atom is -0.444 e. The Bertz CT molecular complexity index is 579. The fourth-order valence-corrected chi connectivity index (χ4v) is 3.69. The lowest BCUT2D eigenvalue weighted by atomic mass is 9.99. The highest BCUT2D eigenvalue weighted by atomic mass is 16.6. The van der Waals surface area contributed by atoms with Crippen molar-refractivity contribution in [2.45, 2.75) is 71.3 Å². The molecule has 1 amide bonds. The molecular formula is C20H30N2O2. The number of carbonyl (C=O) groups excluding carboxylic acids is 1. The summed E-state index contributed by atoms with van der Waals surface area (Å²) in [5, 5.41) is 0. The predicted octanol–water partition coefficient (Wildman–Crippen LogP) is 3.90. The van der Waals surface area contributed by atoms with Gasteiger partial charge in [0.15, 0.2) is 0 Å². The van der Waals surface area contributed by atoms with Gasteiger partial charge in [-0.15, -0.1) is 0 Å². The second-order valence-electron chi connectivity index (χ2n) is 8.48. The van der Waals surface area contributed by atoms with Crippen LogP contribution in [-0.2, 0) is 11.3 Å². The standard InChI is InChI=1S/C20H30N2O2/c1-14(2)18-13-21(12-15-9-7-6-8-10-15)16-11-17(16)22(18)19(23)24-20(3,4)5/h6-10,14,16-18H,11-13H2,1-5H3/t16-,17+,18-/m1/s1. The number of amides is 1.